The average Bonchev–Trinajstić information content (AvgIpc) is 3.37. The van der Waals surface area contributed by atoms with Crippen molar-refractivity contribution in [3.05, 3.63) is 30.4 Å². The first-order chi connectivity index (χ1) is 13.5. The van der Waals surface area contributed by atoms with Gasteiger partial charge in [-0.25, -0.2) is 9.97 Å². The largest absolute Gasteiger partial charge is 0.435 e. The summed E-state index contributed by atoms with van der Waals surface area (Å²) in [5.74, 6) is 1.53. The number of piperidine rings is 1. The normalized spacial score (nSPS) is 23.4. The number of nitrogens with zero attached hydrogens (tertiary/aromatic N) is 6. The van der Waals surface area contributed by atoms with E-state index in [0.717, 1.165) is 56.5 Å². The lowest BCUT2D eigenvalue weighted by Gasteiger charge is -2.34. The van der Waals surface area contributed by atoms with Gasteiger partial charge < -0.3 is 14.9 Å². The first-order valence-corrected chi connectivity index (χ1v) is 9.52. The Morgan fingerprint density at radius 1 is 1.11 bits per heavy atom. The van der Waals surface area contributed by atoms with E-state index in [1.807, 2.05) is 6.07 Å². The van der Waals surface area contributed by atoms with Crippen molar-refractivity contribution in [1.29, 1.82) is 0 Å². The van der Waals surface area contributed by atoms with Gasteiger partial charge in [-0.2, -0.15) is 18.3 Å². The zero-order valence-electron chi connectivity index (χ0n) is 15.4. The van der Waals surface area contributed by atoms with Crippen molar-refractivity contribution in [3.63, 3.8) is 0 Å². The molecule has 4 heterocycles. The molecule has 152 valence electrons. The van der Waals surface area contributed by atoms with Gasteiger partial charge >= 0.3 is 6.18 Å². The van der Waals surface area contributed by atoms with Gasteiger partial charge in [0, 0.05) is 31.9 Å². The summed E-state index contributed by atoms with van der Waals surface area (Å²) < 4.78 is 39.9. The van der Waals surface area contributed by atoms with Crippen LogP contribution in [0.3, 0.4) is 0 Å². The fourth-order valence-electron chi connectivity index (χ4n) is 4.07. The highest BCUT2D eigenvalue weighted by Gasteiger charge is 2.34. The van der Waals surface area contributed by atoms with Gasteiger partial charge in [-0.15, -0.1) is 0 Å². The van der Waals surface area contributed by atoms with Crippen LogP contribution in [0.15, 0.2) is 24.7 Å². The van der Waals surface area contributed by atoms with E-state index in [1.165, 1.54) is 17.2 Å². The van der Waals surface area contributed by atoms with Crippen molar-refractivity contribution < 1.29 is 18.3 Å². The molecule has 4 rings (SSSR count). The van der Waals surface area contributed by atoms with Crippen molar-refractivity contribution in [2.75, 3.05) is 36.0 Å². The summed E-state index contributed by atoms with van der Waals surface area (Å²) in [5, 5.41) is 13.3. The van der Waals surface area contributed by atoms with Crippen LogP contribution in [0.1, 0.15) is 37.4 Å². The molecule has 1 N–H and O–H groups in total. The van der Waals surface area contributed by atoms with Crippen LogP contribution < -0.4 is 9.80 Å². The SMILES string of the molecule is OCC1CCCN1c1cc(N2CCCC(n3ccc(C(F)(F)F)n3)C2)ncn1. The van der Waals surface area contributed by atoms with E-state index in [0.29, 0.717) is 6.54 Å². The van der Waals surface area contributed by atoms with Crippen LogP contribution in [0.5, 0.6) is 0 Å². The van der Waals surface area contributed by atoms with Crippen molar-refractivity contribution in [1.82, 2.24) is 19.7 Å². The molecule has 2 saturated heterocycles. The molecule has 0 aliphatic carbocycles. The Balaban J connectivity index is 1.50. The predicted molar refractivity (Wildman–Crippen MR) is 97.2 cm³/mol. The maximum atomic E-state index is 12.8. The Bertz CT molecular complexity index is 811. The van der Waals surface area contributed by atoms with Crippen LogP contribution in [-0.2, 0) is 6.18 Å². The van der Waals surface area contributed by atoms with Gasteiger partial charge in [0.1, 0.15) is 18.0 Å². The zero-order valence-corrected chi connectivity index (χ0v) is 15.4. The van der Waals surface area contributed by atoms with Crippen molar-refractivity contribution in [2.24, 2.45) is 0 Å². The molecule has 0 amide bonds. The third kappa shape index (κ3) is 3.78. The summed E-state index contributed by atoms with van der Waals surface area (Å²) in [6, 6.07) is 2.85. The number of rotatable bonds is 4. The van der Waals surface area contributed by atoms with Gasteiger partial charge in [-0.1, -0.05) is 0 Å². The number of hydrogen-bond donors (Lipinski definition) is 1. The van der Waals surface area contributed by atoms with E-state index in [4.69, 9.17) is 0 Å². The second kappa shape index (κ2) is 7.57. The molecule has 2 aliphatic rings. The van der Waals surface area contributed by atoms with Gasteiger partial charge in [0.2, 0.25) is 0 Å². The molecule has 2 aromatic heterocycles. The summed E-state index contributed by atoms with van der Waals surface area (Å²) in [4.78, 5) is 12.9. The minimum atomic E-state index is -4.43. The van der Waals surface area contributed by atoms with E-state index in [1.54, 1.807) is 0 Å². The van der Waals surface area contributed by atoms with Crippen molar-refractivity contribution in [3.8, 4) is 0 Å². The molecule has 2 fully saturated rings. The average molecular weight is 396 g/mol. The Morgan fingerprint density at radius 2 is 1.89 bits per heavy atom. The highest BCUT2D eigenvalue weighted by atomic mass is 19.4. The maximum absolute atomic E-state index is 12.8. The Hall–Kier alpha value is -2.36. The Kier molecular flexibility index (Phi) is 5.13. The molecule has 0 bridgehead atoms. The summed E-state index contributed by atoms with van der Waals surface area (Å²) in [6.07, 6.45) is 2.04. The van der Waals surface area contributed by atoms with E-state index in [2.05, 4.69) is 24.9 Å². The molecule has 0 radical (unpaired) electrons. The third-order valence-corrected chi connectivity index (χ3v) is 5.51. The molecule has 2 atom stereocenters. The Labute approximate surface area is 160 Å². The monoisotopic (exact) mass is 396 g/mol. The van der Waals surface area contributed by atoms with Crippen LogP contribution in [-0.4, -0.2) is 57.1 Å². The van der Waals surface area contributed by atoms with E-state index in [9.17, 15) is 18.3 Å². The minimum Gasteiger partial charge on any atom is -0.394 e. The molecule has 0 aromatic carbocycles. The number of anilines is 2. The van der Waals surface area contributed by atoms with Crippen LogP contribution in [0.2, 0.25) is 0 Å². The molecule has 0 saturated carbocycles. The standard InChI is InChI=1S/C18H23F3N6O/c19-18(20,21)15-5-8-27(24-15)13-3-1-6-25(10-13)16-9-17(23-12-22-16)26-7-2-4-14(26)11-28/h5,8-9,12-14,28H,1-4,6-7,10-11H2. The highest BCUT2D eigenvalue weighted by Crippen LogP contribution is 2.31. The van der Waals surface area contributed by atoms with Gasteiger partial charge in [0.05, 0.1) is 18.7 Å². The number of alkyl halides is 3. The fourth-order valence-corrected chi connectivity index (χ4v) is 4.07. The fraction of sp³-hybridized carbons (Fsp3) is 0.611. The van der Waals surface area contributed by atoms with Crippen LogP contribution in [0.4, 0.5) is 24.8 Å². The van der Waals surface area contributed by atoms with Crippen LogP contribution >= 0.6 is 0 Å². The quantitative estimate of drug-likeness (QED) is 0.856. The molecule has 10 heteroatoms. The topological polar surface area (TPSA) is 70.3 Å². The molecule has 2 aliphatic heterocycles. The van der Waals surface area contributed by atoms with Gasteiger partial charge in [0.15, 0.2) is 5.69 Å². The van der Waals surface area contributed by atoms with Crippen LogP contribution in [0.25, 0.3) is 0 Å². The maximum Gasteiger partial charge on any atom is 0.435 e. The van der Waals surface area contributed by atoms with E-state index >= 15 is 0 Å². The molecule has 0 spiro atoms. The summed E-state index contributed by atoms with van der Waals surface area (Å²) in [7, 11) is 0. The lowest BCUT2D eigenvalue weighted by molar-refractivity contribution is -0.141. The lowest BCUT2D eigenvalue weighted by atomic mass is 10.1. The summed E-state index contributed by atoms with van der Waals surface area (Å²) in [5.41, 5.74) is -0.863. The second-order valence-corrected chi connectivity index (χ2v) is 7.33. The number of halogens is 3. The molecule has 28 heavy (non-hydrogen) atoms. The van der Waals surface area contributed by atoms with Crippen LogP contribution in [0, 0.1) is 0 Å². The predicted octanol–water partition coefficient (Wildman–Crippen LogP) is 2.49. The minimum absolute atomic E-state index is 0.0710. The second-order valence-electron chi connectivity index (χ2n) is 7.33. The van der Waals surface area contributed by atoms with Crippen molar-refractivity contribution in [2.45, 2.75) is 43.9 Å². The molecule has 7 nitrogen and oxygen atoms in total. The van der Waals surface area contributed by atoms with Gasteiger partial charge in [0.25, 0.3) is 0 Å². The Morgan fingerprint density at radius 3 is 2.64 bits per heavy atom. The number of aliphatic hydroxyl groups excluding tert-OH is 1. The van der Waals surface area contributed by atoms with Gasteiger partial charge in [-0.05, 0) is 31.7 Å². The molecule has 2 aromatic rings. The number of aromatic nitrogens is 4. The number of hydrogen-bond acceptors (Lipinski definition) is 6. The summed E-state index contributed by atoms with van der Waals surface area (Å²) >= 11 is 0. The number of aliphatic hydroxyl groups is 1. The third-order valence-electron chi connectivity index (χ3n) is 5.51. The first kappa shape index (κ1) is 19.0. The van der Waals surface area contributed by atoms with E-state index in [-0.39, 0.29) is 18.7 Å². The zero-order chi connectivity index (χ0) is 19.7. The summed E-state index contributed by atoms with van der Waals surface area (Å²) in [6.45, 7) is 2.26. The lowest BCUT2D eigenvalue weighted by Crippen LogP contribution is -2.38. The first-order valence-electron chi connectivity index (χ1n) is 9.52. The van der Waals surface area contributed by atoms with Crippen molar-refractivity contribution >= 4 is 11.6 Å². The highest BCUT2D eigenvalue weighted by molar-refractivity contribution is 5.51. The molecule has 2 unspecified atom stereocenters. The van der Waals surface area contributed by atoms with E-state index < -0.39 is 11.9 Å². The van der Waals surface area contributed by atoms with Gasteiger partial charge in [-0.3, -0.25) is 4.68 Å². The smallest absolute Gasteiger partial charge is 0.394 e. The molecular formula is C18H23F3N6O. The molecular weight excluding hydrogens is 373 g/mol.